The van der Waals surface area contributed by atoms with Crippen LogP contribution in [0.3, 0.4) is 0 Å². The van der Waals surface area contributed by atoms with Crippen LogP contribution in [0.4, 0.5) is 0 Å². The number of nitrogens with one attached hydrogen (secondary N) is 1. The Morgan fingerprint density at radius 3 is 2.60 bits per heavy atom. The van der Waals surface area contributed by atoms with Gasteiger partial charge in [0.2, 0.25) is 0 Å². The number of hydrazine groups is 1. The highest BCUT2D eigenvalue weighted by molar-refractivity contribution is 7.17. The average Bonchev–Trinajstić information content (AvgIpc) is 2.88. The fourth-order valence-corrected chi connectivity index (χ4v) is 3.64. The molecule has 2 nitrogen and oxygen atoms in total. The number of hydrogen-bond donors (Lipinski definition) is 2. The van der Waals surface area contributed by atoms with Crippen LogP contribution in [0.1, 0.15) is 28.3 Å². The lowest BCUT2D eigenvalue weighted by molar-refractivity contribution is 0.638. The van der Waals surface area contributed by atoms with Crippen molar-refractivity contribution in [2.24, 2.45) is 5.84 Å². The Bertz CT molecular complexity index is 746. The van der Waals surface area contributed by atoms with Crippen LogP contribution in [0.5, 0.6) is 0 Å². The number of rotatable bonds is 3. The summed E-state index contributed by atoms with van der Waals surface area (Å²) in [7, 11) is 0. The van der Waals surface area contributed by atoms with Crippen LogP contribution in [-0.2, 0) is 0 Å². The number of thiophene rings is 1. The van der Waals surface area contributed by atoms with Crippen molar-refractivity contribution in [3.05, 3.63) is 70.1 Å². The normalized spacial score (nSPS) is 12.8. The minimum absolute atomic E-state index is 0.0334. The standard InChI is InChI=1S/C17H18N2S/c1-11-6-5-8-13(12(11)2)17(19-18)15-10-20-16-9-4-3-7-14(15)16/h3-10,17,19H,18H2,1-2H3. The van der Waals surface area contributed by atoms with Crippen molar-refractivity contribution in [3.63, 3.8) is 0 Å². The monoisotopic (exact) mass is 282 g/mol. The molecule has 0 saturated carbocycles. The fourth-order valence-electron chi connectivity index (χ4n) is 2.66. The summed E-state index contributed by atoms with van der Waals surface area (Å²) in [6.07, 6.45) is 0. The van der Waals surface area contributed by atoms with E-state index < -0.39 is 0 Å². The number of hydrogen-bond acceptors (Lipinski definition) is 3. The highest BCUT2D eigenvalue weighted by Gasteiger charge is 2.18. The largest absolute Gasteiger partial charge is 0.271 e. The van der Waals surface area contributed by atoms with E-state index in [0.29, 0.717) is 0 Å². The molecular weight excluding hydrogens is 264 g/mol. The maximum Gasteiger partial charge on any atom is 0.0726 e. The summed E-state index contributed by atoms with van der Waals surface area (Å²) in [4.78, 5) is 0. The van der Waals surface area contributed by atoms with Crippen LogP contribution in [0.25, 0.3) is 10.1 Å². The van der Waals surface area contributed by atoms with Gasteiger partial charge in [0, 0.05) is 4.70 Å². The second-order valence-electron chi connectivity index (χ2n) is 5.08. The molecule has 102 valence electrons. The minimum atomic E-state index is 0.0334. The first-order valence-corrected chi connectivity index (χ1v) is 7.58. The van der Waals surface area contributed by atoms with Crippen molar-refractivity contribution in [2.45, 2.75) is 19.9 Å². The Morgan fingerprint density at radius 2 is 1.80 bits per heavy atom. The first-order chi connectivity index (χ1) is 9.72. The molecule has 0 spiro atoms. The van der Waals surface area contributed by atoms with Crippen LogP contribution in [-0.4, -0.2) is 0 Å². The first-order valence-electron chi connectivity index (χ1n) is 6.70. The predicted octanol–water partition coefficient (Wildman–Crippen LogP) is 4.07. The lowest BCUT2D eigenvalue weighted by Gasteiger charge is -2.19. The van der Waals surface area contributed by atoms with E-state index in [0.717, 1.165) is 0 Å². The predicted molar refractivity (Wildman–Crippen MR) is 86.9 cm³/mol. The SMILES string of the molecule is Cc1cccc(C(NN)c2csc3ccccc23)c1C. The molecule has 3 heteroatoms. The van der Waals surface area contributed by atoms with Crippen molar-refractivity contribution in [2.75, 3.05) is 0 Å². The Labute approximate surface area is 123 Å². The van der Waals surface area contributed by atoms with Crippen molar-refractivity contribution >= 4 is 21.4 Å². The molecule has 0 radical (unpaired) electrons. The van der Waals surface area contributed by atoms with Crippen LogP contribution in [0.2, 0.25) is 0 Å². The second-order valence-corrected chi connectivity index (χ2v) is 5.99. The zero-order chi connectivity index (χ0) is 14.1. The van der Waals surface area contributed by atoms with E-state index in [9.17, 15) is 0 Å². The molecule has 0 aliphatic rings. The zero-order valence-electron chi connectivity index (χ0n) is 11.7. The Kier molecular flexibility index (Phi) is 3.57. The molecule has 20 heavy (non-hydrogen) atoms. The summed E-state index contributed by atoms with van der Waals surface area (Å²) in [5.41, 5.74) is 8.08. The van der Waals surface area contributed by atoms with E-state index in [-0.39, 0.29) is 6.04 Å². The van der Waals surface area contributed by atoms with Gasteiger partial charge in [-0.1, -0.05) is 36.4 Å². The third kappa shape index (κ3) is 2.14. The number of benzene rings is 2. The maximum atomic E-state index is 5.86. The van der Waals surface area contributed by atoms with Gasteiger partial charge in [-0.25, -0.2) is 5.43 Å². The molecule has 2 aromatic carbocycles. The first kappa shape index (κ1) is 13.3. The van der Waals surface area contributed by atoms with Gasteiger partial charge in [0.25, 0.3) is 0 Å². The smallest absolute Gasteiger partial charge is 0.0726 e. The topological polar surface area (TPSA) is 38.0 Å². The van der Waals surface area contributed by atoms with Gasteiger partial charge in [-0.3, -0.25) is 5.84 Å². The summed E-state index contributed by atoms with van der Waals surface area (Å²) >= 11 is 1.77. The summed E-state index contributed by atoms with van der Waals surface area (Å²) in [5.74, 6) is 5.86. The van der Waals surface area contributed by atoms with Crippen LogP contribution in [0, 0.1) is 13.8 Å². The highest BCUT2D eigenvalue weighted by Crippen LogP contribution is 2.34. The molecule has 0 aliphatic carbocycles. The van der Waals surface area contributed by atoms with Gasteiger partial charge in [-0.15, -0.1) is 11.3 Å². The van der Waals surface area contributed by atoms with E-state index in [1.54, 1.807) is 11.3 Å². The second kappa shape index (κ2) is 5.37. The molecule has 1 aromatic heterocycles. The van der Waals surface area contributed by atoms with E-state index in [1.807, 2.05) is 0 Å². The molecule has 1 unspecified atom stereocenters. The molecule has 3 rings (SSSR count). The van der Waals surface area contributed by atoms with Gasteiger partial charge in [0.1, 0.15) is 0 Å². The third-order valence-corrected chi connectivity index (χ3v) is 4.93. The van der Waals surface area contributed by atoms with Crippen LogP contribution < -0.4 is 11.3 Å². The van der Waals surface area contributed by atoms with Crippen molar-refractivity contribution in [3.8, 4) is 0 Å². The van der Waals surface area contributed by atoms with Gasteiger partial charge in [-0.05, 0) is 52.9 Å². The van der Waals surface area contributed by atoms with Gasteiger partial charge in [0.15, 0.2) is 0 Å². The van der Waals surface area contributed by atoms with Gasteiger partial charge in [-0.2, -0.15) is 0 Å². The van der Waals surface area contributed by atoms with Crippen molar-refractivity contribution in [1.82, 2.24) is 5.43 Å². The molecule has 3 N–H and O–H groups in total. The summed E-state index contributed by atoms with van der Waals surface area (Å²) < 4.78 is 1.30. The van der Waals surface area contributed by atoms with Gasteiger partial charge >= 0.3 is 0 Å². The third-order valence-electron chi connectivity index (χ3n) is 3.95. The highest BCUT2D eigenvalue weighted by atomic mass is 32.1. The van der Waals surface area contributed by atoms with E-state index >= 15 is 0 Å². The fraction of sp³-hybridized carbons (Fsp3) is 0.176. The molecule has 0 amide bonds. The molecule has 3 aromatic rings. The summed E-state index contributed by atoms with van der Waals surface area (Å²) in [5, 5.41) is 3.48. The molecule has 1 heterocycles. The Morgan fingerprint density at radius 1 is 1.00 bits per heavy atom. The lowest BCUT2D eigenvalue weighted by Crippen LogP contribution is -2.29. The Balaban J connectivity index is 2.17. The molecule has 0 bridgehead atoms. The van der Waals surface area contributed by atoms with Crippen molar-refractivity contribution < 1.29 is 0 Å². The van der Waals surface area contributed by atoms with E-state index in [4.69, 9.17) is 5.84 Å². The Hall–Kier alpha value is -1.68. The molecule has 0 aliphatic heterocycles. The van der Waals surface area contributed by atoms with Gasteiger partial charge < -0.3 is 0 Å². The van der Waals surface area contributed by atoms with Crippen LogP contribution in [0.15, 0.2) is 47.8 Å². The van der Waals surface area contributed by atoms with E-state index in [1.165, 1.54) is 32.3 Å². The molecule has 0 saturated heterocycles. The quantitative estimate of drug-likeness (QED) is 0.561. The molecular formula is C17H18N2S. The summed E-state index contributed by atoms with van der Waals surface area (Å²) in [6.45, 7) is 4.29. The average molecular weight is 282 g/mol. The molecule has 0 fully saturated rings. The van der Waals surface area contributed by atoms with E-state index in [2.05, 4.69) is 67.1 Å². The maximum absolute atomic E-state index is 5.86. The zero-order valence-corrected chi connectivity index (χ0v) is 12.5. The van der Waals surface area contributed by atoms with Crippen molar-refractivity contribution in [1.29, 1.82) is 0 Å². The summed E-state index contributed by atoms with van der Waals surface area (Å²) in [6, 6.07) is 14.9. The number of fused-ring (bicyclic) bond motifs is 1. The van der Waals surface area contributed by atoms with Gasteiger partial charge in [0.05, 0.1) is 6.04 Å². The number of aryl methyl sites for hydroxylation is 1. The lowest BCUT2D eigenvalue weighted by atomic mass is 9.93. The number of nitrogens with two attached hydrogens (primary N) is 1. The van der Waals surface area contributed by atoms with Crippen LogP contribution >= 0.6 is 11.3 Å². The minimum Gasteiger partial charge on any atom is -0.271 e. The molecule has 1 atom stereocenters.